The van der Waals surface area contributed by atoms with Gasteiger partial charge < -0.3 is 5.32 Å². The predicted octanol–water partition coefficient (Wildman–Crippen LogP) is 2.15. The Balaban J connectivity index is 2.87. The summed E-state index contributed by atoms with van der Waals surface area (Å²) in [7, 11) is -1.43. The second-order valence-electron chi connectivity index (χ2n) is 6.68. The highest BCUT2D eigenvalue weighted by atomic mass is 32.2. The fraction of sp³-hybridized carbons (Fsp3) is 0.857. The van der Waals surface area contributed by atoms with E-state index in [1.54, 1.807) is 0 Å². The minimum absolute atomic E-state index is 0.324. The van der Waals surface area contributed by atoms with Crippen LogP contribution in [0.4, 0.5) is 0 Å². The van der Waals surface area contributed by atoms with Crippen LogP contribution >= 0.6 is 12.6 Å². The molecule has 1 unspecified atom stereocenters. The maximum Gasteiger partial charge on any atom is 0.236 e. The van der Waals surface area contributed by atoms with Gasteiger partial charge in [0.25, 0.3) is 0 Å². The van der Waals surface area contributed by atoms with Gasteiger partial charge in [-0.05, 0) is 52.5 Å². The van der Waals surface area contributed by atoms with E-state index in [0.717, 1.165) is 12.2 Å². The highest BCUT2D eigenvalue weighted by Gasteiger charge is 2.33. The van der Waals surface area contributed by atoms with Gasteiger partial charge in [0.05, 0.1) is 4.91 Å². The van der Waals surface area contributed by atoms with E-state index in [0.29, 0.717) is 29.2 Å². The van der Waals surface area contributed by atoms with Crippen LogP contribution in [0.15, 0.2) is 11.0 Å². The topological polar surface area (TPSA) is 58.2 Å². The van der Waals surface area contributed by atoms with E-state index in [-0.39, 0.29) is 0 Å². The predicted molar refractivity (Wildman–Crippen MR) is 88.5 cm³/mol. The van der Waals surface area contributed by atoms with E-state index >= 15 is 0 Å². The lowest BCUT2D eigenvalue weighted by Crippen LogP contribution is -2.43. The monoisotopic (exact) mass is 320 g/mol. The Morgan fingerprint density at radius 2 is 2.05 bits per heavy atom. The van der Waals surface area contributed by atoms with Crippen LogP contribution in [-0.4, -0.2) is 32.8 Å². The van der Waals surface area contributed by atoms with Crippen molar-refractivity contribution < 1.29 is 8.42 Å². The molecule has 0 fully saturated rings. The zero-order valence-corrected chi connectivity index (χ0v) is 14.8. The molecular weight excluding hydrogens is 292 g/mol. The molecule has 0 aromatic rings. The molecule has 0 amide bonds. The van der Waals surface area contributed by atoms with Crippen LogP contribution in [0.3, 0.4) is 0 Å². The number of hydrogen-bond acceptors (Lipinski definition) is 4. The number of sulfonamides is 1. The lowest BCUT2D eigenvalue weighted by atomic mass is 9.80. The third-order valence-electron chi connectivity index (χ3n) is 3.74. The molecule has 1 aliphatic carbocycles. The summed E-state index contributed by atoms with van der Waals surface area (Å²) >= 11 is 4.37. The molecule has 4 nitrogen and oxygen atoms in total. The van der Waals surface area contributed by atoms with Crippen molar-refractivity contribution in [1.82, 2.24) is 10.0 Å². The van der Waals surface area contributed by atoms with Gasteiger partial charge in [0, 0.05) is 17.3 Å². The van der Waals surface area contributed by atoms with Gasteiger partial charge in [-0.25, -0.2) is 13.1 Å². The van der Waals surface area contributed by atoms with E-state index in [1.807, 2.05) is 33.9 Å². The van der Waals surface area contributed by atoms with Crippen molar-refractivity contribution in [2.75, 3.05) is 12.8 Å². The van der Waals surface area contributed by atoms with E-state index in [1.165, 1.54) is 0 Å². The van der Waals surface area contributed by atoms with Gasteiger partial charge in [0.1, 0.15) is 0 Å². The molecule has 1 aliphatic rings. The summed E-state index contributed by atoms with van der Waals surface area (Å²) in [4.78, 5) is 0.533. The lowest BCUT2D eigenvalue weighted by Gasteiger charge is -2.34. The number of hydrogen-bond donors (Lipinski definition) is 3. The average Bonchev–Trinajstić information content (AvgIpc) is 2.29. The van der Waals surface area contributed by atoms with Crippen molar-refractivity contribution in [3.05, 3.63) is 11.0 Å². The number of rotatable bonds is 5. The van der Waals surface area contributed by atoms with Crippen molar-refractivity contribution in [2.45, 2.75) is 52.1 Å². The molecule has 0 aromatic heterocycles. The summed E-state index contributed by atoms with van der Waals surface area (Å²) in [6.07, 6.45) is 3.27. The Morgan fingerprint density at radius 3 is 2.45 bits per heavy atom. The van der Waals surface area contributed by atoms with Crippen molar-refractivity contribution in [3.63, 3.8) is 0 Å². The van der Waals surface area contributed by atoms with E-state index in [2.05, 4.69) is 29.6 Å². The van der Waals surface area contributed by atoms with Crippen LogP contribution < -0.4 is 10.0 Å². The molecule has 0 radical (unpaired) electrons. The SMILES string of the molecule is CNC(CS)[C@H]1CC=C(S(=O)(=O)NC(C)(C)C)C[C@@H]1C. The quantitative estimate of drug-likeness (QED) is 0.680. The normalized spacial score (nSPS) is 26.2. The summed E-state index contributed by atoms with van der Waals surface area (Å²) in [5, 5.41) is 3.27. The fourth-order valence-corrected chi connectivity index (χ4v) is 4.93. The zero-order chi connectivity index (χ0) is 15.6. The van der Waals surface area contributed by atoms with Gasteiger partial charge >= 0.3 is 0 Å². The first-order valence-electron chi connectivity index (χ1n) is 7.12. The van der Waals surface area contributed by atoms with Crippen LogP contribution in [0.1, 0.15) is 40.5 Å². The molecule has 0 heterocycles. The third-order valence-corrected chi connectivity index (χ3v) is 6.04. The smallest absolute Gasteiger partial charge is 0.236 e. The molecule has 3 atom stereocenters. The van der Waals surface area contributed by atoms with Crippen LogP contribution in [0.2, 0.25) is 0 Å². The Labute approximate surface area is 129 Å². The van der Waals surface area contributed by atoms with E-state index in [4.69, 9.17) is 0 Å². The summed E-state index contributed by atoms with van der Waals surface area (Å²) < 4.78 is 27.4. The van der Waals surface area contributed by atoms with E-state index < -0.39 is 15.6 Å². The van der Waals surface area contributed by atoms with Crippen LogP contribution in [-0.2, 0) is 10.0 Å². The van der Waals surface area contributed by atoms with Crippen molar-refractivity contribution in [2.24, 2.45) is 11.8 Å². The van der Waals surface area contributed by atoms with Gasteiger partial charge in [-0.3, -0.25) is 0 Å². The molecule has 6 heteroatoms. The minimum Gasteiger partial charge on any atom is -0.316 e. The molecule has 118 valence electrons. The molecule has 0 aliphatic heterocycles. The lowest BCUT2D eigenvalue weighted by molar-refractivity contribution is 0.279. The number of thiol groups is 1. The van der Waals surface area contributed by atoms with Gasteiger partial charge in [-0.2, -0.15) is 12.6 Å². The fourth-order valence-electron chi connectivity index (χ4n) is 2.74. The molecule has 1 rings (SSSR count). The van der Waals surface area contributed by atoms with Crippen LogP contribution in [0.25, 0.3) is 0 Å². The molecule has 0 spiro atoms. The zero-order valence-electron chi connectivity index (χ0n) is 13.1. The first-order valence-corrected chi connectivity index (χ1v) is 9.23. The summed E-state index contributed by atoms with van der Waals surface area (Å²) in [5.74, 6) is 1.53. The van der Waals surface area contributed by atoms with Crippen molar-refractivity contribution in [3.8, 4) is 0 Å². The second kappa shape index (κ2) is 6.81. The molecule has 0 aromatic carbocycles. The average molecular weight is 321 g/mol. The van der Waals surface area contributed by atoms with Crippen LogP contribution in [0.5, 0.6) is 0 Å². The van der Waals surface area contributed by atoms with Crippen molar-refractivity contribution in [1.29, 1.82) is 0 Å². The van der Waals surface area contributed by atoms with E-state index in [9.17, 15) is 8.42 Å². The third kappa shape index (κ3) is 4.76. The molecule has 0 saturated carbocycles. The molecule has 0 bridgehead atoms. The second-order valence-corrected chi connectivity index (χ2v) is 8.79. The highest BCUT2D eigenvalue weighted by molar-refractivity contribution is 7.93. The molecule has 0 saturated heterocycles. The Kier molecular flexibility index (Phi) is 6.14. The molecular formula is C14H28N2O2S2. The first kappa shape index (κ1) is 18.0. The van der Waals surface area contributed by atoms with Gasteiger partial charge in [-0.1, -0.05) is 13.0 Å². The number of nitrogens with one attached hydrogen (secondary N) is 2. The van der Waals surface area contributed by atoms with Gasteiger partial charge in [0.2, 0.25) is 10.0 Å². The minimum atomic E-state index is -3.36. The van der Waals surface area contributed by atoms with Crippen LogP contribution in [0, 0.1) is 11.8 Å². The molecule has 20 heavy (non-hydrogen) atoms. The van der Waals surface area contributed by atoms with Gasteiger partial charge in [0.15, 0.2) is 0 Å². The molecule has 2 N–H and O–H groups in total. The van der Waals surface area contributed by atoms with Gasteiger partial charge in [-0.15, -0.1) is 0 Å². The maximum atomic E-state index is 12.4. The Hall–Kier alpha value is -0.0400. The Morgan fingerprint density at radius 1 is 1.45 bits per heavy atom. The number of allylic oxidation sites excluding steroid dienone is 2. The summed E-state index contributed by atoms with van der Waals surface area (Å²) in [5.41, 5.74) is -0.446. The summed E-state index contributed by atoms with van der Waals surface area (Å²) in [6, 6.07) is 0.324. The largest absolute Gasteiger partial charge is 0.316 e. The van der Waals surface area contributed by atoms with Crippen molar-refractivity contribution >= 4 is 22.7 Å². The first-order chi connectivity index (χ1) is 9.10. The standard InChI is InChI=1S/C14H28N2O2S2/c1-10-8-11(20(17,18)16-14(2,3)4)6-7-12(10)13(9-19)15-5/h6,10,12-13,15-16,19H,7-9H2,1-5H3/t10-,12-,13?/m0/s1. The Bertz CT molecular complexity index is 448. The summed E-state index contributed by atoms with van der Waals surface area (Å²) in [6.45, 7) is 7.70. The maximum absolute atomic E-state index is 12.4. The highest BCUT2D eigenvalue weighted by Crippen LogP contribution is 2.34.